The van der Waals surface area contributed by atoms with Crippen LogP contribution in [0.5, 0.6) is 0 Å². The van der Waals surface area contributed by atoms with Gasteiger partial charge in [0.2, 0.25) is 0 Å². The lowest BCUT2D eigenvalue weighted by Gasteiger charge is -2.55. The highest BCUT2D eigenvalue weighted by atomic mass is 32.2. The zero-order valence-corrected chi connectivity index (χ0v) is 10.4. The van der Waals surface area contributed by atoms with Crippen LogP contribution >= 0.6 is 0 Å². The van der Waals surface area contributed by atoms with Gasteiger partial charge in [0.15, 0.2) is 9.84 Å². The zero-order valence-electron chi connectivity index (χ0n) is 9.59. The van der Waals surface area contributed by atoms with Crippen molar-refractivity contribution in [1.29, 1.82) is 0 Å². The van der Waals surface area contributed by atoms with E-state index in [0.717, 1.165) is 24.3 Å². The smallest absolute Gasteiger partial charge is 0.151 e. The van der Waals surface area contributed by atoms with Crippen LogP contribution in [0.15, 0.2) is 24.3 Å². The molecule has 2 fully saturated rings. The number of rotatable bonds is 2. The first-order chi connectivity index (χ1) is 8.02. The van der Waals surface area contributed by atoms with E-state index in [-0.39, 0.29) is 5.41 Å². The van der Waals surface area contributed by atoms with Gasteiger partial charge in [0.05, 0.1) is 11.5 Å². The lowest BCUT2D eigenvalue weighted by atomic mass is 9.82. The maximum absolute atomic E-state index is 11.2. The molecule has 17 heavy (non-hydrogen) atoms. The Morgan fingerprint density at radius 1 is 1.18 bits per heavy atom. The molecule has 5 heteroatoms. The molecular formula is C12H16N2O2S. The lowest BCUT2D eigenvalue weighted by molar-refractivity contribution is 0.254. The minimum atomic E-state index is -2.71. The van der Waals surface area contributed by atoms with E-state index >= 15 is 0 Å². The van der Waals surface area contributed by atoms with Crippen LogP contribution in [0.3, 0.4) is 0 Å². The van der Waals surface area contributed by atoms with Gasteiger partial charge in [-0.15, -0.1) is 0 Å². The molecule has 0 saturated carbocycles. The van der Waals surface area contributed by atoms with E-state index in [1.807, 2.05) is 12.1 Å². The molecule has 1 aromatic carbocycles. The van der Waals surface area contributed by atoms with Gasteiger partial charge in [-0.05, 0) is 17.7 Å². The Labute approximate surface area is 101 Å². The zero-order chi connectivity index (χ0) is 12.1. The normalized spacial score (nSPS) is 24.2. The summed E-state index contributed by atoms with van der Waals surface area (Å²) in [6.07, 6.45) is 0. The fourth-order valence-electron chi connectivity index (χ4n) is 2.86. The van der Waals surface area contributed by atoms with Gasteiger partial charge in [0.25, 0.3) is 0 Å². The molecule has 0 bridgehead atoms. The van der Waals surface area contributed by atoms with Crippen LogP contribution in [0, 0.1) is 5.41 Å². The maximum Gasteiger partial charge on any atom is 0.151 e. The first-order valence-electron chi connectivity index (χ1n) is 5.76. The van der Waals surface area contributed by atoms with Crippen LogP contribution in [0.2, 0.25) is 0 Å². The van der Waals surface area contributed by atoms with Crippen molar-refractivity contribution in [2.75, 3.05) is 29.5 Å². The number of hydrogen-bond acceptors (Lipinski definition) is 4. The van der Waals surface area contributed by atoms with E-state index in [1.54, 1.807) is 0 Å². The van der Waals surface area contributed by atoms with Crippen LogP contribution in [0.4, 0.5) is 5.69 Å². The Morgan fingerprint density at radius 2 is 1.76 bits per heavy atom. The molecule has 1 spiro atoms. The van der Waals surface area contributed by atoms with Gasteiger partial charge < -0.3 is 10.6 Å². The molecule has 4 nitrogen and oxygen atoms in total. The van der Waals surface area contributed by atoms with Crippen molar-refractivity contribution < 1.29 is 8.42 Å². The summed E-state index contributed by atoms with van der Waals surface area (Å²) in [6, 6.07) is 8.17. The molecule has 92 valence electrons. The molecule has 0 radical (unpaired) electrons. The average Bonchev–Trinajstić information content (AvgIpc) is 2.22. The van der Waals surface area contributed by atoms with Crippen LogP contribution in [-0.2, 0) is 16.4 Å². The summed E-state index contributed by atoms with van der Waals surface area (Å²) in [7, 11) is -2.71. The molecule has 2 N–H and O–H groups in total. The molecule has 2 heterocycles. The third-order valence-corrected chi connectivity index (χ3v) is 5.75. The Morgan fingerprint density at radius 3 is 2.24 bits per heavy atom. The Bertz CT molecular complexity index is 516. The van der Waals surface area contributed by atoms with Gasteiger partial charge in [-0.1, -0.05) is 12.1 Å². The Balaban J connectivity index is 1.65. The van der Waals surface area contributed by atoms with Gasteiger partial charge in [-0.3, -0.25) is 0 Å². The van der Waals surface area contributed by atoms with Crippen molar-refractivity contribution in [3.8, 4) is 0 Å². The van der Waals surface area contributed by atoms with Gasteiger partial charge in [0.1, 0.15) is 0 Å². The van der Waals surface area contributed by atoms with Crippen molar-refractivity contribution in [1.82, 2.24) is 0 Å². The molecule has 3 rings (SSSR count). The molecule has 2 aliphatic heterocycles. The van der Waals surface area contributed by atoms with Crippen LogP contribution in [-0.4, -0.2) is 33.0 Å². The number of sulfone groups is 1. The molecule has 2 saturated heterocycles. The standard InChI is InChI=1S/C12H16N2O2S/c13-5-10-1-3-11(4-2-10)14-6-12(7-14)8-17(15,16)9-12/h1-4H,5-9,13H2. The second kappa shape index (κ2) is 3.46. The summed E-state index contributed by atoms with van der Waals surface area (Å²) in [5.74, 6) is 0.745. The minimum Gasteiger partial charge on any atom is -0.370 e. The van der Waals surface area contributed by atoms with Crippen molar-refractivity contribution in [3.63, 3.8) is 0 Å². The van der Waals surface area contributed by atoms with E-state index in [9.17, 15) is 8.42 Å². The predicted octanol–water partition coefficient (Wildman–Crippen LogP) is 0.380. The van der Waals surface area contributed by atoms with Crippen LogP contribution in [0.1, 0.15) is 5.56 Å². The largest absolute Gasteiger partial charge is 0.370 e. The number of nitrogens with zero attached hydrogens (tertiary/aromatic N) is 1. The molecule has 2 aliphatic rings. The van der Waals surface area contributed by atoms with E-state index in [1.165, 1.54) is 0 Å². The Hall–Kier alpha value is -1.07. The number of hydrogen-bond donors (Lipinski definition) is 1. The van der Waals surface area contributed by atoms with E-state index < -0.39 is 9.84 Å². The summed E-state index contributed by atoms with van der Waals surface area (Å²) >= 11 is 0. The fraction of sp³-hybridized carbons (Fsp3) is 0.500. The van der Waals surface area contributed by atoms with E-state index in [0.29, 0.717) is 18.1 Å². The number of nitrogens with two attached hydrogens (primary N) is 1. The van der Waals surface area contributed by atoms with E-state index in [4.69, 9.17) is 5.73 Å². The molecule has 1 aromatic rings. The van der Waals surface area contributed by atoms with E-state index in [2.05, 4.69) is 17.0 Å². The van der Waals surface area contributed by atoms with Crippen molar-refractivity contribution in [3.05, 3.63) is 29.8 Å². The molecule has 0 atom stereocenters. The summed E-state index contributed by atoms with van der Waals surface area (Å²) in [5, 5.41) is 0. The van der Waals surface area contributed by atoms with Gasteiger partial charge >= 0.3 is 0 Å². The summed E-state index contributed by atoms with van der Waals surface area (Å²) in [6.45, 7) is 2.30. The number of benzene rings is 1. The SMILES string of the molecule is NCc1ccc(N2CC3(C2)CS(=O)(=O)C3)cc1. The van der Waals surface area contributed by atoms with Crippen molar-refractivity contribution in [2.24, 2.45) is 11.1 Å². The highest BCUT2D eigenvalue weighted by Gasteiger charge is 2.55. The second-order valence-corrected chi connectivity index (χ2v) is 7.32. The average molecular weight is 252 g/mol. The number of anilines is 1. The van der Waals surface area contributed by atoms with Gasteiger partial charge in [-0.2, -0.15) is 0 Å². The quantitative estimate of drug-likeness (QED) is 0.826. The maximum atomic E-state index is 11.2. The first kappa shape index (κ1) is 11.0. The molecule has 0 aromatic heterocycles. The Kier molecular flexibility index (Phi) is 2.25. The summed E-state index contributed by atoms with van der Waals surface area (Å²) < 4.78 is 22.4. The minimum absolute atomic E-state index is 0.0609. The van der Waals surface area contributed by atoms with Crippen molar-refractivity contribution in [2.45, 2.75) is 6.54 Å². The molecule has 0 amide bonds. The molecular weight excluding hydrogens is 236 g/mol. The van der Waals surface area contributed by atoms with Gasteiger partial charge in [0, 0.05) is 30.7 Å². The predicted molar refractivity (Wildman–Crippen MR) is 67.6 cm³/mol. The van der Waals surface area contributed by atoms with Crippen LogP contribution < -0.4 is 10.6 Å². The van der Waals surface area contributed by atoms with Crippen molar-refractivity contribution >= 4 is 15.5 Å². The highest BCUT2D eigenvalue weighted by molar-refractivity contribution is 7.92. The topological polar surface area (TPSA) is 63.4 Å². The second-order valence-electron chi connectivity index (χ2n) is 5.26. The molecule has 0 aliphatic carbocycles. The highest BCUT2D eigenvalue weighted by Crippen LogP contribution is 2.43. The summed E-state index contributed by atoms with van der Waals surface area (Å²) in [4.78, 5) is 2.23. The first-order valence-corrected chi connectivity index (χ1v) is 7.59. The monoisotopic (exact) mass is 252 g/mol. The third kappa shape index (κ3) is 1.83. The van der Waals surface area contributed by atoms with Crippen LogP contribution in [0.25, 0.3) is 0 Å². The summed E-state index contributed by atoms with van der Waals surface area (Å²) in [5.41, 5.74) is 7.89. The fourth-order valence-corrected chi connectivity index (χ4v) is 5.01. The van der Waals surface area contributed by atoms with Gasteiger partial charge in [-0.25, -0.2) is 8.42 Å². The third-order valence-electron chi connectivity index (χ3n) is 3.64. The molecule has 0 unspecified atom stereocenters. The lowest BCUT2D eigenvalue weighted by Crippen LogP contribution is -2.68.